The number of likely N-dealkylation sites (N-methyl/N-ethyl adjacent to an activating group) is 1. The Bertz CT molecular complexity index is 941. The minimum atomic E-state index is -0.357. The monoisotopic (exact) mass is 343 g/mol. The maximum atomic E-state index is 6.64. The third kappa shape index (κ3) is 2.17. The molecule has 0 fully saturated rings. The molecular weight excluding hydrogens is 330 g/mol. The largest absolute Gasteiger partial charge is 0.336 e. The summed E-state index contributed by atoms with van der Waals surface area (Å²) in [5, 5.41) is 6.60. The lowest BCUT2D eigenvalue weighted by Crippen LogP contribution is -2.38. The van der Waals surface area contributed by atoms with Crippen molar-refractivity contribution in [2.45, 2.75) is 12.4 Å². The van der Waals surface area contributed by atoms with Gasteiger partial charge in [0.1, 0.15) is 11.2 Å². The Labute approximate surface area is 142 Å². The molecule has 3 aromatic rings. The first kappa shape index (κ1) is 14.4. The highest BCUT2D eigenvalue weighted by Gasteiger charge is 2.30. The van der Waals surface area contributed by atoms with E-state index in [9.17, 15) is 0 Å². The zero-order valence-corrected chi connectivity index (χ0v) is 14.3. The highest BCUT2D eigenvalue weighted by atomic mass is 35.5. The van der Waals surface area contributed by atoms with Crippen molar-refractivity contribution in [2.75, 3.05) is 11.9 Å². The number of hydrogen-bond acceptors (Lipinski definition) is 5. The number of halogens is 1. The van der Waals surface area contributed by atoms with Crippen LogP contribution in [0.1, 0.15) is 17.5 Å². The second kappa shape index (κ2) is 5.18. The van der Waals surface area contributed by atoms with Crippen LogP contribution in [0.25, 0.3) is 11.2 Å². The molecule has 23 heavy (non-hydrogen) atoms. The highest BCUT2D eigenvalue weighted by molar-refractivity contribution is 7.12. The molecule has 0 radical (unpaired) electrons. The third-order valence-electron chi connectivity index (χ3n) is 3.79. The smallest absolute Gasteiger partial charge is 0.161 e. The summed E-state index contributed by atoms with van der Waals surface area (Å²) in [5.74, 6) is 0.836. The van der Waals surface area contributed by atoms with Crippen LogP contribution < -0.4 is 4.90 Å². The van der Waals surface area contributed by atoms with Crippen molar-refractivity contribution in [1.29, 1.82) is 0 Å². The van der Waals surface area contributed by atoms with Gasteiger partial charge in [-0.1, -0.05) is 24.2 Å². The SMILES string of the molecule is C=C(C)c1cc2ncc3c(n2n1)N(C)C(Cl)C(c1cccs1)=N3. The molecular formula is C16H14ClN5S. The van der Waals surface area contributed by atoms with Crippen LogP contribution >= 0.6 is 22.9 Å². The normalized spacial score (nSPS) is 17.3. The van der Waals surface area contributed by atoms with Crippen molar-refractivity contribution in [3.8, 4) is 0 Å². The molecule has 0 bridgehead atoms. The fourth-order valence-electron chi connectivity index (χ4n) is 2.60. The van der Waals surface area contributed by atoms with Crippen LogP contribution in [0.2, 0.25) is 0 Å². The summed E-state index contributed by atoms with van der Waals surface area (Å²) >= 11 is 8.27. The Kier molecular flexibility index (Phi) is 3.25. The zero-order chi connectivity index (χ0) is 16.1. The van der Waals surface area contributed by atoms with Crippen LogP contribution in [0.4, 0.5) is 11.5 Å². The van der Waals surface area contributed by atoms with Crippen molar-refractivity contribution >= 4 is 51.4 Å². The van der Waals surface area contributed by atoms with Crippen LogP contribution in [0, 0.1) is 0 Å². The van der Waals surface area contributed by atoms with Crippen LogP contribution in [0.5, 0.6) is 0 Å². The van der Waals surface area contributed by atoms with E-state index in [1.807, 2.05) is 42.5 Å². The molecule has 1 unspecified atom stereocenters. The molecule has 0 N–H and O–H groups in total. The summed E-state index contributed by atoms with van der Waals surface area (Å²) in [7, 11) is 1.94. The topological polar surface area (TPSA) is 45.8 Å². The Morgan fingerprint density at radius 3 is 2.96 bits per heavy atom. The number of allylic oxidation sites excluding steroid dienone is 1. The van der Waals surface area contributed by atoms with E-state index in [1.165, 1.54) is 0 Å². The lowest BCUT2D eigenvalue weighted by Gasteiger charge is -2.30. The number of rotatable bonds is 2. The number of fused-ring (bicyclic) bond motifs is 3. The van der Waals surface area contributed by atoms with Gasteiger partial charge in [-0.2, -0.15) is 9.61 Å². The van der Waals surface area contributed by atoms with E-state index in [0.717, 1.165) is 39.0 Å². The molecule has 3 aromatic heterocycles. The lowest BCUT2D eigenvalue weighted by molar-refractivity contribution is 0.848. The summed E-state index contributed by atoms with van der Waals surface area (Å²) in [4.78, 5) is 12.2. The molecule has 1 aliphatic heterocycles. The van der Waals surface area contributed by atoms with E-state index in [1.54, 1.807) is 22.0 Å². The number of hydrogen-bond donors (Lipinski definition) is 0. The van der Waals surface area contributed by atoms with Crippen molar-refractivity contribution in [2.24, 2.45) is 4.99 Å². The van der Waals surface area contributed by atoms with Gasteiger partial charge < -0.3 is 4.90 Å². The molecule has 1 aliphatic rings. The van der Waals surface area contributed by atoms with Crippen molar-refractivity contribution in [3.63, 3.8) is 0 Å². The van der Waals surface area contributed by atoms with Gasteiger partial charge in [0, 0.05) is 13.1 Å². The highest BCUT2D eigenvalue weighted by Crippen LogP contribution is 2.36. The van der Waals surface area contributed by atoms with Gasteiger partial charge in [-0.3, -0.25) is 0 Å². The first-order chi connectivity index (χ1) is 11.1. The Balaban J connectivity index is 1.96. The Hall–Kier alpha value is -2.18. The molecule has 0 aliphatic carbocycles. The van der Waals surface area contributed by atoms with Crippen LogP contribution in [-0.4, -0.2) is 32.9 Å². The molecule has 0 amide bonds. The predicted octanol–water partition coefficient (Wildman–Crippen LogP) is 3.96. The van der Waals surface area contributed by atoms with Gasteiger partial charge in [0.2, 0.25) is 0 Å². The van der Waals surface area contributed by atoms with Crippen molar-refractivity contribution in [1.82, 2.24) is 14.6 Å². The second-order valence-corrected chi connectivity index (χ2v) is 6.83. The van der Waals surface area contributed by atoms with Gasteiger partial charge in [0.15, 0.2) is 11.5 Å². The Morgan fingerprint density at radius 2 is 2.26 bits per heavy atom. The Morgan fingerprint density at radius 1 is 1.43 bits per heavy atom. The molecule has 4 heterocycles. The number of anilines is 1. The van der Waals surface area contributed by atoms with E-state index in [2.05, 4.69) is 16.7 Å². The number of thiophene rings is 1. The summed E-state index contributed by atoms with van der Waals surface area (Å²) < 4.78 is 1.78. The third-order valence-corrected chi connectivity index (χ3v) is 5.18. The molecule has 5 nitrogen and oxygen atoms in total. The maximum absolute atomic E-state index is 6.64. The minimum Gasteiger partial charge on any atom is -0.336 e. The first-order valence-corrected chi connectivity index (χ1v) is 8.42. The quantitative estimate of drug-likeness (QED) is 0.522. The molecule has 1 atom stereocenters. The van der Waals surface area contributed by atoms with Crippen LogP contribution in [0.15, 0.2) is 41.3 Å². The van der Waals surface area contributed by atoms with E-state index >= 15 is 0 Å². The number of alkyl halides is 1. The number of aromatic nitrogens is 3. The second-order valence-electron chi connectivity index (χ2n) is 5.47. The molecule has 0 spiro atoms. The van der Waals surface area contributed by atoms with E-state index in [0.29, 0.717) is 0 Å². The number of aliphatic imine (C=N–C) groups is 1. The standard InChI is InChI=1S/C16H14ClN5S/c1-9(2)10-7-13-18-8-11-16(22(13)20-10)21(3)15(17)14(19-11)12-5-4-6-23-12/h4-8,15H,1H2,2-3H3. The minimum absolute atomic E-state index is 0.357. The average Bonchev–Trinajstić information content (AvgIpc) is 3.18. The summed E-state index contributed by atoms with van der Waals surface area (Å²) in [5.41, 5.74) is 3.71. The molecule has 4 rings (SSSR count). The molecule has 7 heteroatoms. The number of nitrogens with zero attached hydrogens (tertiary/aromatic N) is 5. The fraction of sp³-hybridized carbons (Fsp3) is 0.188. The van der Waals surface area contributed by atoms with Gasteiger partial charge in [-0.15, -0.1) is 11.3 Å². The predicted molar refractivity (Wildman–Crippen MR) is 96.3 cm³/mol. The first-order valence-electron chi connectivity index (χ1n) is 7.10. The maximum Gasteiger partial charge on any atom is 0.161 e. The van der Waals surface area contributed by atoms with Crippen LogP contribution in [0.3, 0.4) is 0 Å². The van der Waals surface area contributed by atoms with Gasteiger partial charge in [0.25, 0.3) is 0 Å². The van der Waals surface area contributed by atoms with Gasteiger partial charge in [0.05, 0.1) is 22.5 Å². The van der Waals surface area contributed by atoms with Crippen molar-refractivity contribution in [3.05, 3.63) is 46.9 Å². The van der Waals surface area contributed by atoms with E-state index in [-0.39, 0.29) is 5.50 Å². The molecule has 0 aromatic carbocycles. The molecule has 116 valence electrons. The summed E-state index contributed by atoms with van der Waals surface area (Å²) in [6.07, 6.45) is 1.77. The average molecular weight is 344 g/mol. The molecule has 0 saturated heterocycles. The van der Waals surface area contributed by atoms with Gasteiger partial charge in [-0.25, -0.2) is 9.98 Å². The lowest BCUT2D eigenvalue weighted by atomic mass is 10.2. The van der Waals surface area contributed by atoms with Gasteiger partial charge in [-0.05, 0) is 23.9 Å². The van der Waals surface area contributed by atoms with E-state index in [4.69, 9.17) is 16.6 Å². The van der Waals surface area contributed by atoms with E-state index < -0.39 is 0 Å². The summed E-state index contributed by atoms with van der Waals surface area (Å²) in [6.45, 7) is 5.87. The van der Waals surface area contributed by atoms with Gasteiger partial charge >= 0.3 is 0 Å². The van der Waals surface area contributed by atoms with Crippen molar-refractivity contribution < 1.29 is 0 Å². The molecule has 0 saturated carbocycles. The van der Waals surface area contributed by atoms with Crippen LogP contribution in [-0.2, 0) is 0 Å². The zero-order valence-electron chi connectivity index (χ0n) is 12.7. The summed E-state index contributed by atoms with van der Waals surface area (Å²) in [6, 6.07) is 5.94. The fourth-order valence-corrected chi connectivity index (χ4v) is 3.66.